The number of alkyl halides is 3. The van der Waals surface area contributed by atoms with E-state index in [9.17, 15) is 23.1 Å². The Morgan fingerprint density at radius 3 is 2.52 bits per heavy atom. The molecule has 31 heavy (non-hydrogen) atoms. The van der Waals surface area contributed by atoms with E-state index in [4.69, 9.17) is 10.1 Å². The number of benzene rings is 2. The van der Waals surface area contributed by atoms with Gasteiger partial charge >= 0.3 is 12.3 Å². The molecule has 2 aromatic carbocycles. The number of hydrogen-bond acceptors (Lipinski definition) is 4. The molecule has 0 aliphatic carbocycles. The standard InChI is InChI=1S/C22H22F3N3O3/c1-13(2)31-20(29)27-18-9-8-15(10-14(18)11-26)21(30,22(23,24)25)17-12-28(3)19-7-5-4-6-16(17)19/h4-13,26,30H,1-3H3,(H,27,29)/p+1. The van der Waals surface area contributed by atoms with Crippen LogP contribution in [0.5, 0.6) is 0 Å². The predicted octanol–water partition coefficient (Wildman–Crippen LogP) is 3.71. The van der Waals surface area contributed by atoms with Crippen LogP contribution in [-0.4, -0.2) is 34.3 Å². The average molecular weight is 434 g/mol. The molecule has 1 atom stereocenters. The number of hydrogen-bond donors (Lipinski definition) is 3. The van der Waals surface area contributed by atoms with Crippen molar-refractivity contribution in [2.24, 2.45) is 7.05 Å². The Kier molecular flexibility index (Phi) is 5.93. The third kappa shape index (κ3) is 4.06. The first-order valence-corrected chi connectivity index (χ1v) is 9.53. The summed E-state index contributed by atoms with van der Waals surface area (Å²) >= 11 is 0. The number of carbonyl (C=O) groups is 1. The van der Waals surface area contributed by atoms with Crippen molar-refractivity contribution in [2.45, 2.75) is 31.7 Å². The van der Waals surface area contributed by atoms with E-state index in [1.165, 1.54) is 22.9 Å². The van der Waals surface area contributed by atoms with Crippen molar-refractivity contribution in [3.05, 3.63) is 65.4 Å². The summed E-state index contributed by atoms with van der Waals surface area (Å²) in [4.78, 5) is 11.9. The van der Waals surface area contributed by atoms with Gasteiger partial charge in [0.05, 0.1) is 5.56 Å². The van der Waals surface area contributed by atoms with Crippen LogP contribution in [0.1, 0.15) is 30.5 Å². The number of aryl methyl sites for hydroxylation is 1. The topological polar surface area (TPSA) is 91.9 Å². The van der Waals surface area contributed by atoms with E-state index in [1.54, 1.807) is 39.1 Å². The number of halogens is 3. The van der Waals surface area contributed by atoms with Crippen LogP contribution in [0.15, 0.2) is 48.7 Å². The third-order valence-electron chi connectivity index (χ3n) is 4.98. The van der Waals surface area contributed by atoms with Crippen LogP contribution in [0.3, 0.4) is 0 Å². The molecule has 6 nitrogen and oxygen atoms in total. The lowest BCUT2D eigenvalue weighted by Gasteiger charge is -2.31. The minimum absolute atomic E-state index is 0.0427. The summed E-state index contributed by atoms with van der Waals surface area (Å²) in [5.41, 5.74) is -3.29. The zero-order chi connectivity index (χ0) is 23.0. The van der Waals surface area contributed by atoms with Crippen molar-refractivity contribution < 1.29 is 33.1 Å². The Labute approximate surface area is 176 Å². The number of ether oxygens (including phenoxy) is 1. The molecule has 4 N–H and O–H groups in total. The lowest BCUT2D eigenvalue weighted by atomic mass is 9.84. The molecule has 1 aromatic heterocycles. The summed E-state index contributed by atoms with van der Waals surface area (Å²) in [7, 11) is 1.60. The number of primary amides is 1. The quantitative estimate of drug-likeness (QED) is 0.422. The van der Waals surface area contributed by atoms with E-state index < -0.39 is 23.4 Å². The minimum atomic E-state index is -5.04. The first-order valence-electron chi connectivity index (χ1n) is 9.53. The number of amides is 1. The summed E-state index contributed by atoms with van der Waals surface area (Å²) in [6.07, 6.45) is -4.00. The molecule has 3 rings (SSSR count). The van der Waals surface area contributed by atoms with Crippen LogP contribution in [0.25, 0.3) is 10.9 Å². The van der Waals surface area contributed by atoms with Crippen LogP contribution in [0.2, 0.25) is 0 Å². The maximum absolute atomic E-state index is 14.3. The molecule has 0 bridgehead atoms. The number of aliphatic hydroxyl groups is 1. The second kappa shape index (κ2) is 8.16. The molecular weight excluding hydrogens is 411 g/mol. The van der Waals surface area contributed by atoms with Gasteiger partial charge in [0.1, 0.15) is 11.8 Å². The van der Waals surface area contributed by atoms with Gasteiger partial charge in [-0.25, -0.2) is 5.32 Å². The van der Waals surface area contributed by atoms with E-state index in [2.05, 4.69) is 0 Å². The van der Waals surface area contributed by atoms with Crippen molar-refractivity contribution in [3.8, 4) is 0 Å². The number of rotatable bonds is 5. The molecule has 1 amide bonds. The molecule has 0 aliphatic rings. The lowest BCUT2D eigenvalue weighted by Crippen LogP contribution is -2.83. The zero-order valence-electron chi connectivity index (χ0n) is 17.2. The Morgan fingerprint density at radius 1 is 1.23 bits per heavy atom. The van der Waals surface area contributed by atoms with Gasteiger partial charge in [0.15, 0.2) is 0 Å². The van der Waals surface area contributed by atoms with Crippen molar-refractivity contribution in [3.63, 3.8) is 0 Å². The summed E-state index contributed by atoms with van der Waals surface area (Å²) in [6.45, 7) is 3.33. The molecule has 0 radical (unpaired) electrons. The molecule has 1 unspecified atom stereocenters. The van der Waals surface area contributed by atoms with Crippen LogP contribution in [0.4, 0.5) is 23.7 Å². The van der Waals surface area contributed by atoms with Gasteiger partial charge in [-0.1, -0.05) is 18.2 Å². The maximum atomic E-state index is 14.3. The highest BCUT2D eigenvalue weighted by atomic mass is 19.4. The van der Waals surface area contributed by atoms with Gasteiger partial charge in [-0.05, 0) is 37.6 Å². The van der Waals surface area contributed by atoms with E-state index in [0.717, 1.165) is 23.7 Å². The Balaban J connectivity index is 2.16. The van der Waals surface area contributed by atoms with Gasteiger partial charge in [-0.2, -0.15) is 18.0 Å². The van der Waals surface area contributed by atoms with E-state index in [-0.39, 0.29) is 28.3 Å². The summed E-state index contributed by atoms with van der Waals surface area (Å²) < 4.78 is 49.5. The molecule has 0 aliphatic heterocycles. The smallest absolute Gasteiger partial charge is 0.417 e. The van der Waals surface area contributed by atoms with Gasteiger partial charge in [0.25, 0.3) is 0 Å². The largest absolute Gasteiger partial charge is 0.518 e. The number of carbonyl (C=O) groups excluding carboxylic acids is 1. The first-order chi connectivity index (χ1) is 14.5. The van der Waals surface area contributed by atoms with Crippen molar-refractivity contribution in [1.82, 2.24) is 4.57 Å². The monoisotopic (exact) mass is 434 g/mol. The van der Waals surface area contributed by atoms with E-state index in [1.807, 2.05) is 0 Å². The van der Waals surface area contributed by atoms with Crippen molar-refractivity contribution in [2.75, 3.05) is 0 Å². The highest BCUT2D eigenvalue weighted by Gasteiger charge is 2.57. The number of nitrogens with zero attached hydrogens (tertiary/aromatic N) is 1. The van der Waals surface area contributed by atoms with Crippen LogP contribution in [0, 0.1) is 5.41 Å². The predicted molar refractivity (Wildman–Crippen MR) is 110 cm³/mol. The average Bonchev–Trinajstić information content (AvgIpc) is 3.03. The molecule has 0 spiro atoms. The zero-order valence-corrected chi connectivity index (χ0v) is 17.2. The van der Waals surface area contributed by atoms with Crippen molar-refractivity contribution in [1.29, 1.82) is 5.41 Å². The Bertz CT molecular complexity index is 1140. The number of quaternary nitrogens is 1. The number of nitrogens with two attached hydrogens (primary N) is 1. The van der Waals surface area contributed by atoms with Gasteiger partial charge in [0.2, 0.25) is 5.60 Å². The molecule has 164 valence electrons. The van der Waals surface area contributed by atoms with Gasteiger partial charge in [-0.15, -0.1) is 0 Å². The van der Waals surface area contributed by atoms with Crippen molar-refractivity contribution >= 4 is 28.9 Å². The fourth-order valence-electron chi connectivity index (χ4n) is 3.55. The Morgan fingerprint density at radius 2 is 1.90 bits per heavy atom. The highest BCUT2D eigenvalue weighted by molar-refractivity contribution is 5.87. The Hall–Kier alpha value is -3.17. The molecule has 0 saturated heterocycles. The third-order valence-corrected chi connectivity index (χ3v) is 4.98. The van der Waals surface area contributed by atoms with Gasteiger partial charge in [-0.3, -0.25) is 0 Å². The molecule has 0 fully saturated rings. The second-order valence-electron chi connectivity index (χ2n) is 7.50. The van der Waals surface area contributed by atoms with E-state index >= 15 is 0 Å². The molecule has 9 heteroatoms. The number of para-hydroxylation sites is 1. The normalized spacial score (nSPS) is 13.9. The first kappa shape index (κ1) is 22.5. The second-order valence-corrected chi connectivity index (χ2v) is 7.50. The summed E-state index contributed by atoms with van der Waals surface area (Å²) in [5, 5.41) is 20.1. The SMILES string of the molecule is CC(C)OC(=O)[NH2+]c1ccc(C(O)(c2cn(C)c3ccccc23)C(F)(F)F)cc1C=N. The van der Waals surface area contributed by atoms with Crippen LogP contribution >= 0.6 is 0 Å². The molecular formula is C22H23F3N3O3+. The number of fused-ring (bicyclic) bond motifs is 1. The van der Waals surface area contributed by atoms with E-state index in [0.29, 0.717) is 5.52 Å². The highest BCUT2D eigenvalue weighted by Crippen LogP contribution is 2.47. The van der Waals surface area contributed by atoms with Gasteiger partial charge < -0.3 is 19.8 Å². The molecule has 1 heterocycles. The fourth-order valence-corrected chi connectivity index (χ4v) is 3.55. The molecule has 0 saturated carbocycles. The van der Waals surface area contributed by atoms with Crippen LogP contribution in [-0.2, 0) is 17.4 Å². The van der Waals surface area contributed by atoms with Gasteiger partial charge in [0, 0.05) is 42.0 Å². The van der Waals surface area contributed by atoms with Crippen LogP contribution < -0.4 is 5.32 Å². The maximum Gasteiger partial charge on any atom is 0.518 e. The lowest BCUT2D eigenvalue weighted by molar-refractivity contribution is -0.484. The summed E-state index contributed by atoms with van der Waals surface area (Å²) in [5.74, 6) is 0. The minimum Gasteiger partial charge on any atom is -0.417 e. The number of aromatic nitrogens is 1. The number of nitrogens with one attached hydrogen (secondary N) is 1. The molecule has 3 aromatic rings. The fraction of sp³-hybridized carbons (Fsp3) is 0.273. The summed E-state index contributed by atoms with van der Waals surface area (Å²) in [6, 6.07) is 9.92.